The van der Waals surface area contributed by atoms with Crippen molar-refractivity contribution in [1.29, 1.82) is 0 Å². The van der Waals surface area contributed by atoms with E-state index in [9.17, 15) is 18.8 Å². The number of carbonyl (C=O) groups excluding carboxylic acids is 3. The van der Waals surface area contributed by atoms with E-state index in [0.717, 1.165) is 11.3 Å². The molecule has 4 atom stereocenters. The summed E-state index contributed by atoms with van der Waals surface area (Å²) in [6.45, 7) is 0. The van der Waals surface area contributed by atoms with Crippen LogP contribution in [0.3, 0.4) is 0 Å². The van der Waals surface area contributed by atoms with Crippen LogP contribution in [0.5, 0.6) is 0 Å². The first-order valence-electron chi connectivity index (χ1n) is 13.1. The zero-order chi connectivity index (χ0) is 27.4. The highest BCUT2D eigenvalue weighted by Gasteiger charge is 2.70. The number of anilines is 3. The Balaban J connectivity index is 1.49. The van der Waals surface area contributed by atoms with Gasteiger partial charge in [-0.25, -0.2) is 4.39 Å². The van der Waals surface area contributed by atoms with Crippen molar-refractivity contribution < 1.29 is 18.8 Å². The van der Waals surface area contributed by atoms with Gasteiger partial charge in [0.2, 0.25) is 11.8 Å². The first-order valence-corrected chi connectivity index (χ1v) is 13.1. The monoisotopic (exact) mass is 529 g/mol. The Hall–Kier alpha value is -5.04. The van der Waals surface area contributed by atoms with Gasteiger partial charge < -0.3 is 15.5 Å². The third kappa shape index (κ3) is 3.37. The predicted molar refractivity (Wildman–Crippen MR) is 152 cm³/mol. The molecule has 4 aromatic carbocycles. The van der Waals surface area contributed by atoms with Gasteiger partial charge in [0.05, 0.1) is 12.0 Å². The van der Waals surface area contributed by atoms with Crippen molar-refractivity contribution in [3.63, 3.8) is 0 Å². The van der Waals surface area contributed by atoms with Crippen LogP contribution in [0.1, 0.15) is 21.5 Å². The normalized spacial score (nSPS) is 23.8. The number of hydrogen-bond donors (Lipinski definition) is 2. The number of Topliss-reactive ketones (excluding diaryl/α,β-unsaturated/α-hetero) is 1. The summed E-state index contributed by atoms with van der Waals surface area (Å²) in [6, 6.07) is 27.6. The second kappa shape index (κ2) is 9.02. The smallest absolute Gasteiger partial charge is 0.247 e. The molecule has 40 heavy (non-hydrogen) atoms. The van der Waals surface area contributed by atoms with E-state index in [1.54, 1.807) is 12.1 Å². The number of nitrogens with one attached hydrogen (secondary N) is 2. The van der Waals surface area contributed by atoms with E-state index < -0.39 is 40.9 Å². The van der Waals surface area contributed by atoms with Crippen LogP contribution in [0.2, 0.25) is 0 Å². The van der Waals surface area contributed by atoms with Crippen molar-refractivity contribution in [2.75, 3.05) is 15.5 Å². The lowest BCUT2D eigenvalue weighted by Crippen LogP contribution is -2.51. The first kappa shape index (κ1) is 24.0. The van der Waals surface area contributed by atoms with Crippen LogP contribution in [-0.4, -0.2) is 29.7 Å². The van der Waals surface area contributed by atoms with Gasteiger partial charge in [0, 0.05) is 22.6 Å². The van der Waals surface area contributed by atoms with Crippen LogP contribution in [0.15, 0.2) is 109 Å². The van der Waals surface area contributed by atoms with Crippen LogP contribution < -0.4 is 15.5 Å². The van der Waals surface area contributed by atoms with Gasteiger partial charge in [-0.15, -0.1) is 0 Å². The van der Waals surface area contributed by atoms with Gasteiger partial charge >= 0.3 is 0 Å². The number of fused-ring (bicyclic) bond motifs is 6. The molecule has 2 amide bonds. The van der Waals surface area contributed by atoms with Crippen molar-refractivity contribution in [1.82, 2.24) is 0 Å². The minimum Gasteiger partial charge on any atom is -0.350 e. The zero-order valence-corrected chi connectivity index (χ0v) is 21.3. The minimum atomic E-state index is -1.41. The highest BCUT2D eigenvalue weighted by Crippen LogP contribution is 2.57. The van der Waals surface area contributed by atoms with Gasteiger partial charge in [0.15, 0.2) is 5.78 Å². The molecule has 4 aromatic rings. The van der Waals surface area contributed by atoms with E-state index in [2.05, 4.69) is 10.6 Å². The number of nitrogens with zero attached hydrogens (tertiary/aromatic N) is 1. The van der Waals surface area contributed by atoms with Gasteiger partial charge in [-0.05, 0) is 59.7 Å². The minimum absolute atomic E-state index is 0.234. The number of rotatable bonds is 4. The van der Waals surface area contributed by atoms with Gasteiger partial charge in [-0.3, -0.25) is 14.4 Å². The Morgan fingerprint density at radius 2 is 1.55 bits per heavy atom. The molecule has 6 nitrogen and oxygen atoms in total. The number of ketones is 1. The third-order valence-electron chi connectivity index (χ3n) is 8.26. The molecule has 7 rings (SSSR count). The SMILES string of the molecule is O=C(Nc1ccccc1)[C@@H]1[C@H](C(=O)c2ccc(F)cc2)[C@]2(C(=O)Nc3ccccc32)[C@@H]2C=Cc3ccccc3N12. The summed E-state index contributed by atoms with van der Waals surface area (Å²) in [5, 5.41) is 5.99. The maximum Gasteiger partial charge on any atom is 0.247 e. The maximum atomic E-state index is 14.6. The molecule has 0 unspecified atom stereocenters. The van der Waals surface area contributed by atoms with Crippen molar-refractivity contribution >= 4 is 40.7 Å². The van der Waals surface area contributed by atoms with Crippen LogP contribution >= 0.6 is 0 Å². The molecule has 0 bridgehead atoms. The van der Waals surface area contributed by atoms with E-state index in [4.69, 9.17) is 0 Å². The molecule has 2 N–H and O–H groups in total. The third-order valence-corrected chi connectivity index (χ3v) is 8.26. The van der Waals surface area contributed by atoms with E-state index in [1.165, 1.54) is 24.3 Å². The second-order valence-electron chi connectivity index (χ2n) is 10.3. The Morgan fingerprint density at radius 3 is 2.35 bits per heavy atom. The Kier molecular flexibility index (Phi) is 5.42. The summed E-state index contributed by atoms with van der Waals surface area (Å²) in [6.07, 6.45) is 3.87. The fourth-order valence-electron chi connectivity index (χ4n) is 6.65. The number of hydrogen-bond acceptors (Lipinski definition) is 4. The molecule has 3 heterocycles. The lowest BCUT2D eigenvalue weighted by molar-refractivity contribution is -0.122. The molecule has 7 heteroatoms. The number of amides is 2. The van der Waals surface area contributed by atoms with Crippen LogP contribution in [0.25, 0.3) is 6.08 Å². The summed E-state index contributed by atoms with van der Waals surface area (Å²) in [5.74, 6) is -2.75. The molecule has 1 saturated heterocycles. The second-order valence-corrected chi connectivity index (χ2v) is 10.3. The number of carbonyl (C=O) groups is 3. The number of para-hydroxylation sites is 3. The van der Waals surface area contributed by atoms with Crippen molar-refractivity contribution in [2.45, 2.75) is 17.5 Å². The standard InChI is InChI=1S/C33H24FN3O3/c34-22-17-14-21(15-18-22)30(38)28-29(31(39)35-23-9-2-1-3-10-23)37-26-13-7-4-8-20(26)16-19-27(37)33(28)24-11-5-6-12-25(24)36-32(33)40/h1-19,27-29H,(H,35,39)(H,36,40)/t27-,28+,29-,33+/m0/s1. The van der Waals surface area contributed by atoms with E-state index >= 15 is 0 Å². The van der Waals surface area contributed by atoms with E-state index in [-0.39, 0.29) is 11.5 Å². The number of benzene rings is 4. The molecule has 196 valence electrons. The van der Waals surface area contributed by atoms with Crippen LogP contribution in [0.4, 0.5) is 21.5 Å². The fraction of sp³-hybridized carbons (Fsp3) is 0.121. The molecule has 0 aliphatic carbocycles. The molecular formula is C33H24FN3O3. The van der Waals surface area contributed by atoms with Crippen molar-refractivity contribution in [2.24, 2.45) is 5.92 Å². The predicted octanol–water partition coefficient (Wildman–Crippen LogP) is 5.44. The molecule has 0 aromatic heterocycles. The summed E-state index contributed by atoms with van der Waals surface area (Å²) in [5.41, 5.74) is 2.31. The molecular weight excluding hydrogens is 505 g/mol. The largest absolute Gasteiger partial charge is 0.350 e. The molecule has 0 saturated carbocycles. The highest BCUT2D eigenvalue weighted by atomic mass is 19.1. The van der Waals surface area contributed by atoms with Gasteiger partial charge in [0.25, 0.3) is 0 Å². The van der Waals surface area contributed by atoms with Crippen LogP contribution in [0, 0.1) is 11.7 Å². The lowest BCUT2D eigenvalue weighted by Gasteiger charge is -2.37. The summed E-state index contributed by atoms with van der Waals surface area (Å²) in [4.78, 5) is 45.0. The first-order chi connectivity index (χ1) is 19.5. The maximum absolute atomic E-state index is 14.6. The summed E-state index contributed by atoms with van der Waals surface area (Å²) in [7, 11) is 0. The Bertz CT molecular complexity index is 1700. The molecule has 3 aliphatic rings. The van der Waals surface area contributed by atoms with Crippen molar-refractivity contribution in [3.8, 4) is 0 Å². The van der Waals surface area contributed by atoms with E-state index in [1.807, 2.05) is 83.8 Å². The molecule has 3 aliphatic heterocycles. The fourth-order valence-corrected chi connectivity index (χ4v) is 6.65. The van der Waals surface area contributed by atoms with Crippen LogP contribution in [-0.2, 0) is 15.0 Å². The molecule has 1 spiro atoms. The summed E-state index contributed by atoms with van der Waals surface area (Å²) < 4.78 is 13.9. The zero-order valence-electron chi connectivity index (χ0n) is 21.3. The lowest BCUT2D eigenvalue weighted by atomic mass is 9.64. The van der Waals surface area contributed by atoms with Gasteiger partial charge in [0.1, 0.15) is 17.3 Å². The van der Waals surface area contributed by atoms with Gasteiger partial charge in [-0.1, -0.05) is 66.7 Å². The molecule has 0 radical (unpaired) electrons. The average Bonchev–Trinajstić information content (AvgIpc) is 3.46. The topological polar surface area (TPSA) is 78.5 Å². The number of halogens is 1. The Labute approximate surface area is 230 Å². The quantitative estimate of drug-likeness (QED) is 0.345. The van der Waals surface area contributed by atoms with Gasteiger partial charge in [-0.2, -0.15) is 0 Å². The average molecular weight is 530 g/mol. The van der Waals surface area contributed by atoms with E-state index in [0.29, 0.717) is 16.9 Å². The van der Waals surface area contributed by atoms with Crippen molar-refractivity contribution in [3.05, 3.63) is 132 Å². The summed E-state index contributed by atoms with van der Waals surface area (Å²) >= 11 is 0. The molecule has 1 fully saturated rings. The Morgan fingerprint density at radius 1 is 0.850 bits per heavy atom. The highest BCUT2D eigenvalue weighted by molar-refractivity contribution is 6.17.